The van der Waals surface area contributed by atoms with Crippen LogP contribution < -0.4 is 21.9 Å². The zero-order valence-electron chi connectivity index (χ0n) is 16.8. The Bertz CT molecular complexity index is 938. The van der Waals surface area contributed by atoms with E-state index < -0.39 is 23.8 Å². The molecule has 9 heteroatoms. The van der Waals surface area contributed by atoms with E-state index in [1.165, 1.54) is 6.34 Å². The second kappa shape index (κ2) is 10.7. The number of benzene rings is 2. The Labute approximate surface area is 174 Å². The Hall–Kier alpha value is -3.72. The number of hydrogen-bond donors (Lipinski definition) is 5. The number of amides is 2. The molecular weight excluding hydrogens is 386 g/mol. The summed E-state index contributed by atoms with van der Waals surface area (Å²) in [6, 6.07) is 11.4. The van der Waals surface area contributed by atoms with Crippen LogP contribution in [0, 0.1) is 13.8 Å². The average Bonchev–Trinajstić information content (AvgIpc) is 2.69. The molecule has 2 aromatic carbocycles. The summed E-state index contributed by atoms with van der Waals surface area (Å²) in [5, 5.41) is 14.4. The maximum Gasteiger partial charge on any atom is 0.305 e. The highest BCUT2D eigenvalue weighted by atomic mass is 16.4. The molecule has 2 rings (SSSR count). The van der Waals surface area contributed by atoms with Crippen molar-refractivity contribution in [3.63, 3.8) is 0 Å². The summed E-state index contributed by atoms with van der Waals surface area (Å²) in [6.45, 7) is 3.51. The molecule has 0 fully saturated rings. The number of carbonyl (C=O) groups is 3. The summed E-state index contributed by atoms with van der Waals surface area (Å²) in [6.07, 6.45) is 1.01. The van der Waals surface area contributed by atoms with Crippen LogP contribution in [0.4, 0.5) is 5.69 Å². The molecule has 6 N–H and O–H groups in total. The van der Waals surface area contributed by atoms with Crippen molar-refractivity contribution in [2.24, 2.45) is 10.8 Å². The number of nitrogens with two attached hydrogens (primary N) is 1. The SMILES string of the molecule is Cc1cc(C)cc(C(CC(=O)O)NC(=O)CNC(=O)c2cccc(N=CNN)c2)c1. The third-order valence-electron chi connectivity index (χ3n) is 4.17. The van der Waals surface area contributed by atoms with Crippen molar-refractivity contribution in [3.8, 4) is 0 Å². The predicted molar refractivity (Wildman–Crippen MR) is 113 cm³/mol. The largest absolute Gasteiger partial charge is 0.481 e. The number of rotatable bonds is 9. The fourth-order valence-electron chi connectivity index (χ4n) is 2.99. The lowest BCUT2D eigenvalue weighted by atomic mass is 9.99. The van der Waals surface area contributed by atoms with Gasteiger partial charge < -0.3 is 21.2 Å². The molecule has 0 spiro atoms. The number of aliphatic carboxylic acids is 1. The van der Waals surface area contributed by atoms with E-state index in [-0.39, 0.29) is 13.0 Å². The van der Waals surface area contributed by atoms with Gasteiger partial charge in [0.15, 0.2) is 0 Å². The van der Waals surface area contributed by atoms with Gasteiger partial charge in [-0.1, -0.05) is 35.4 Å². The standard InChI is InChI=1S/C21H25N5O4/c1-13-6-14(2)8-16(7-13)18(10-20(28)29)26-19(27)11-23-21(30)15-4-3-5-17(9-15)24-12-25-22/h3-9,12,18H,10-11,22H2,1-2H3,(H,23,30)(H,24,25)(H,26,27)(H,28,29). The lowest BCUT2D eigenvalue weighted by Gasteiger charge is -2.19. The molecule has 0 bridgehead atoms. The van der Waals surface area contributed by atoms with E-state index in [1.807, 2.05) is 32.0 Å². The van der Waals surface area contributed by atoms with Crippen molar-refractivity contribution in [3.05, 3.63) is 64.7 Å². The van der Waals surface area contributed by atoms with Gasteiger partial charge in [-0.3, -0.25) is 14.4 Å². The Morgan fingerprint density at radius 2 is 1.83 bits per heavy atom. The smallest absolute Gasteiger partial charge is 0.305 e. The molecule has 0 heterocycles. The van der Waals surface area contributed by atoms with Crippen molar-refractivity contribution in [2.75, 3.05) is 6.54 Å². The van der Waals surface area contributed by atoms with Gasteiger partial charge in [0.05, 0.1) is 24.7 Å². The van der Waals surface area contributed by atoms with E-state index >= 15 is 0 Å². The number of carboxylic acid groups (broad SMARTS) is 1. The highest BCUT2D eigenvalue weighted by molar-refractivity contribution is 5.97. The minimum absolute atomic E-state index is 0.266. The first-order chi connectivity index (χ1) is 14.3. The molecular formula is C21H25N5O4. The number of nitrogens with zero attached hydrogens (tertiary/aromatic N) is 1. The van der Waals surface area contributed by atoms with Crippen molar-refractivity contribution in [1.82, 2.24) is 16.1 Å². The number of nitrogens with one attached hydrogen (secondary N) is 3. The van der Waals surface area contributed by atoms with Crippen LogP contribution in [0.25, 0.3) is 0 Å². The van der Waals surface area contributed by atoms with Crippen molar-refractivity contribution in [1.29, 1.82) is 0 Å². The van der Waals surface area contributed by atoms with E-state index in [1.54, 1.807) is 24.3 Å². The summed E-state index contributed by atoms with van der Waals surface area (Å²) in [5.74, 6) is 3.14. The van der Waals surface area contributed by atoms with E-state index in [0.29, 0.717) is 16.8 Å². The van der Waals surface area contributed by atoms with Gasteiger partial charge in [0, 0.05) is 5.56 Å². The number of hydrazine groups is 1. The van der Waals surface area contributed by atoms with Crippen LogP contribution >= 0.6 is 0 Å². The number of carbonyl (C=O) groups excluding carboxylic acids is 2. The van der Waals surface area contributed by atoms with Gasteiger partial charge in [-0.05, 0) is 37.6 Å². The normalized spacial score (nSPS) is 11.7. The second-order valence-electron chi connectivity index (χ2n) is 6.80. The number of aryl methyl sites for hydroxylation is 2. The molecule has 30 heavy (non-hydrogen) atoms. The highest BCUT2D eigenvalue weighted by Gasteiger charge is 2.19. The average molecular weight is 411 g/mol. The minimum atomic E-state index is -1.03. The summed E-state index contributed by atoms with van der Waals surface area (Å²) in [4.78, 5) is 39.9. The van der Waals surface area contributed by atoms with Crippen molar-refractivity contribution < 1.29 is 19.5 Å². The van der Waals surface area contributed by atoms with Gasteiger partial charge in [0.2, 0.25) is 5.91 Å². The third kappa shape index (κ3) is 7.02. The topological polar surface area (TPSA) is 146 Å². The second-order valence-corrected chi connectivity index (χ2v) is 6.80. The molecule has 0 saturated carbocycles. The molecule has 0 saturated heterocycles. The number of hydrogen-bond acceptors (Lipinski definition) is 5. The van der Waals surface area contributed by atoms with Crippen LogP contribution in [0.5, 0.6) is 0 Å². The fraction of sp³-hybridized carbons (Fsp3) is 0.238. The van der Waals surface area contributed by atoms with Crippen molar-refractivity contribution >= 4 is 29.8 Å². The van der Waals surface area contributed by atoms with Gasteiger partial charge in [-0.15, -0.1) is 0 Å². The summed E-state index contributed by atoms with van der Waals surface area (Å²) in [5.41, 5.74) is 5.75. The molecule has 2 aromatic rings. The van der Waals surface area contributed by atoms with Crippen LogP contribution in [0.15, 0.2) is 47.5 Å². The van der Waals surface area contributed by atoms with Crippen LogP contribution in [0.1, 0.15) is 39.5 Å². The maximum atomic E-state index is 12.4. The van der Waals surface area contributed by atoms with Crippen molar-refractivity contribution in [2.45, 2.75) is 26.3 Å². The first-order valence-corrected chi connectivity index (χ1v) is 9.24. The van der Waals surface area contributed by atoms with E-state index in [9.17, 15) is 19.5 Å². The first-order valence-electron chi connectivity index (χ1n) is 9.24. The predicted octanol–water partition coefficient (Wildman–Crippen LogP) is 1.49. The number of aliphatic imine (C=N–C) groups is 1. The van der Waals surface area contributed by atoms with E-state index in [4.69, 9.17) is 5.84 Å². The van der Waals surface area contributed by atoms with Gasteiger partial charge in [0.25, 0.3) is 5.91 Å². The zero-order valence-corrected chi connectivity index (χ0v) is 16.8. The highest BCUT2D eigenvalue weighted by Crippen LogP contribution is 2.20. The monoisotopic (exact) mass is 411 g/mol. The zero-order chi connectivity index (χ0) is 22.1. The van der Waals surface area contributed by atoms with Gasteiger partial charge in [-0.25, -0.2) is 10.8 Å². The molecule has 0 aliphatic rings. The lowest BCUT2D eigenvalue weighted by Crippen LogP contribution is -2.39. The number of carboxylic acids is 1. The fourth-order valence-corrected chi connectivity index (χ4v) is 2.99. The lowest BCUT2D eigenvalue weighted by molar-refractivity contribution is -0.137. The molecule has 9 nitrogen and oxygen atoms in total. The van der Waals surface area contributed by atoms with Crippen LogP contribution in [-0.2, 0) is 9.59 Å². The van der Waals surface area contributed by atoms with Crippen LogP contribution in [0.2, 0.25) is 0 Å². The molecule has 0 aromatic heterocycles. The van der Waals surface area contributed by atoms with Crippen LogP contribution in [-0.4, -0.2) is 35.8 Å². The molecule has 158 valence electrons. The Kier molecular flexibility index (Phi) is 8.07. The summed E-state index contributed by atoms with van der Waals surface area (Å²) < 4.78 is 0. The minimum Gasteiger partial charge on any atom is -0.481 e. The molecule has 1 unspecified atom stereocenters. The van der Waals surface area contributed by atoms with Crippen LogP contribution in [0.3, 0.4) is 0 Å². The Morgan fingerprint density at radius 1 is 1.13 bits per heavy atom. The third-order valence-corrected chi connectivity index (χ3v) is 4.17. The molecule has 0 aliphatic carbocycles. The summed E-state index contributed by atoms with van der Waals surface area (Å²) >= 11 is 0. The molecule has 2 amide bonds. The van der Waals surface area contributed by atoms with Gasteiger partial charge in [0.1, 0.15) is 6.34 Å². The van der Waals surface area contributed by atoms with E-state index in [0.717, 1.165) is 11.1 Å². The first kappa shape index (κ1) is 22.6. The molecule has 0 radical (unpaired) electrons. The molecule has 0 aliphatic heterocycles. The van der Waals surface area contributed by atoms with E-state index in [2.05, 4.69) is 21.1 Å². The Morgan fingerprint density at radius 3 is 2.47 bits per heavy atom. The molecule has 1 atom stereocenters. The van der Waals surface area contributed by atoms with Gasteiger partial charge >= 0.3 is 5.97 Å². The summed E-state index contributed by atoms with van der Waals surface area (Å²) in [7, 11) is 0. The van der Waals surface area contributed by atoms with Gasteiger partial charge in [-0.2, -0.15) is 0 Å². The maximum absolute atomic E-state index is 12.4. The quantitative estimate of drug-likeness (QED) is 0.183. The Balaban J connectivity index is 2.02.